The van der Waals surface area contributed by atoms with Crippen molar-refractivity contribution >= 4 is 27.7 Å². The fraction of sp³-hybridized carbons (Fsp3) is 0.467. The molecule has 1 aromatic rings. The van der Waals surface area contributed by atoms with Crippen LogP contribution in [-0.4, -0.2) is 35.8 Å². The van der Waals surface area contributed by atoms with E-state index in [-0.39, 0.29) is 11.8 Å². The van der Waals surface area contributed by atoms with Crippen LogP contribution in [0.2, 0.25) is 0 Å². The van der Waals surface area contributed by atoms with Gasteiger partial charge in [0, 0.05) is 17.6 Å². The lowest BCUT2D eigenvalue weighted by molar-refractivity contribution is -0.131. The molecule has 0 spiro atoms. The number of nitrogens with zero attached hydrogens (tertiary/aromatic N) is 1. The maximum atomic E-state index is 12.2. The summed E-state index contributed by atoms with van der Waals surface area (Å²) in [5.74, 6) is -0.222. The van der Waals surface area contributed by atoms with E-state index in [4.69, 9.17) is 0 Å². The van der Waals surface area contributed by atoms with Crippen LogP contribution in [-0.2, 0) is 4.79 Å². The SMILES string of the molecule is Cc1ccc(Br)c(C(=O)NC(C)C(=O)N2CCCC2)c1. The Labute approximate surface area is 127 Å². The van der Waals surface area contributed by atoms with Gasteiger partial charge >= 0.3 is 0 Å². The largest absolute Gasteiger partial charge is 0.341 e. The molecule has 1 atom stereocenters. The van der Waals surface area contributed by atoms with Crippen LogP contribution in [0, 0.1) is 6.92 Å². The van der Waals surface area contributed by atoms with Crippen LogP contribution in [0.1, 0.15) is 35.7 Å². The van der Waals surface area contributed by atoms with Gasteiger partial charge in [0.05, 0.1) is 5.56 Å². The summed E-state index contributed by atoms with van der Waals surface area (Å²) in [6.45, 7) is 5.27. The highest BCUT2D eigenvalue weighted by molar-refractivity contribution is 9.10. The number of halogens is 1. The van der Waals surface area contributed by atoms with Crippen molar-refractivity contribution in [3.8, 4) is 0 Å². The van der Waals surface area contributed by atoms with Crippen molar-refractivity contribution in [2.45, 2.75) is 32.7 Å². The van der Waals surface area contributed by atoms with Gasteiger partial charge < -0.3 is 10.2 Å². The molecular formula is C15H19BrN2O2. The van der Waals surface area contributed by atoms with Crippen molar-refractivity contribution in [1.82, 2.24) is 10.2 Å². The minimum Gasteiger partial charge on any atom is -0.341 e. The molecule has 2 amide bonds. The number of nitrogens with one attached hydrogen (secondary N) is 1. The first kappa shape index (κ1) is 15.0. The lowest BCUT2D eigenvalue weighted by atomic mass is 10.1. The first-order valence-corrected chi connectivity index (χ1v) is 7.64. The highest BCUT2D eigenvalue weighted by Gasteiger charge is 2.25. The van der Waals surface area contributed by atoms with Crippen molar-refractivity contribution in [3.05, 3.63) is 33.8 Å². The summed E-state index contributed by atoms with van der Waals surface area (Å²) in [4.78, 5) is 26.2. The average molecular weight is 339 g/mol. The minimum absolute atomic E-state index is 0.000347. The van der Waals surface area contributed by atoms with E-state index in [1.165, 1.54) is 0 Å². The van der Waals surface area contributed by atoms with E-state index in [1.54, 1.807) is 6.92 Å². The van der Waals surface area contributed by atoms with E-state index in [2.05, 4.69) is 21.2 Å². The molecule has 1 aromatic carbocycles. The van der Waals surface area contributed by atoms with Gasteiger partial charge in [0.25, 0.3) is 5.91 Å². The number of benzene rings is 1. The van der Waals surface area contributed by atoms with Crippen molar-refractivity contribution in [2.24, 2.45) is 0 Å². The zero-order valence-corrected chi connectivity index (χ0v) is 13.4. The third-order valence-electron chi connectivity index (χ3n) is 3.50. The number of likely N-dealkylation sites (tertiary alicyclic amines) is 1. The predicted molar refractivity (Wildman–Crippen MR) is 81.6 cm³/mol. The average Bonchev–Trinajstić information content (AvgIpc) is 2.94. The van der Waals surface area contributed by atoms with E-state index in [9.17, 15) is 9.59 Å². The molecule has 1 fully saturated rings. The molecule has 4 nitrogen and oxygen atoms in total. The third kappa shape index (κ3) is 3.39. The van der Waals surface area contributed by atoms with Crippen LogP contribution >= 0.6 is 15.9 Å². The summed E-state index contributed by atoms with van der Waals surface area (Å²) >= 11 is 3.37. The first-order chi connectivity index (χ1) is 9.49. The summed E-state index contributed by atoms with van der Waals surface area (Å²) in [5.41, 5.74) is 1.57. The summed E-state index contributed by atoms with van der Waals surface area (Å²) in [5, 5.41) is 2.78. The van der Waals surface area contributed by atoms with Gasteiger partial charge in [0.1, 0.15) is 6.04 Å². The number of carbonyl (C=O) groups excluding carboxylic acids is 2. The second-order valence-corrected chi connectivity index (χ2v) is 6.07. The van der Waals surface area contributed by atoms with E-state index in [1.807, 2.05) is 30.0 Å². The van der Waals surface area contributed by atoms with E-state index < -0.39 is 6.04 Å². The van der Waals surface area contributed by atoms with E-state index in [0.29, 0.717) is 5.56 Å². The van der Waals surface area contributed by atoms with Gasteiger partial charge in [-0.15, -0.1) is 0 Å². The molecular weight excluding hydrogens is 320 g/mol. The predicted octanol–water partition coefficient (Wildman–Crippen LogP) is 2.50. The fourth-order valence-corrected chi connectivity index (χ4v) is 2.79. The molecule has 1 N–H and O–H groups in total. The smallest absolute Gasteiger partial charge is 0.253 e. The standard InChI is InChI=1S/C15H19BrN2O2/c1-10-5-6-13(16)12(9-10)14(19)17-11(2)15(20)18-7-3-4-8-18/h5-6,9,11H,3-4,7-8H2,1-2H3,(H,17,19). The minimum atomic E-state index is -0.493. The Hall–Kier alpha value is -1.36. The van der Waals surface area contributed by atoms with Crippen molar-refractivity contribution < 1.29 is 9.59 Å². The van der Waals surface area contributed by atoms with Gasteiger partial charge in [-0.2, -0.15) is 0 Å². The molecule has 5 heteroatoms. The van der Waals surface area contributed by atoms with Crippen molar-refractivity contribution in [1.29, 1.82) is 0 Å². The lowest BCUT2D eigenvalue weighted by Gasteiger charge is -2.21. The van der Waals surface area contributed by atoms with Gasteiger partial charge in [0.2, 0.25) is 5.91 Å². The zero-order valence-electron chi connectivity index (χ0n) is 11.8. The van der Waals surface area contributed by atoms with Crippen LogP contribution in [0.5, 0.6) is 0 Å². The van der Waals surface area contributed by atoms with E-state index >= 15 is 0 Å². The van der Waals surface area contributed by atoms with Gasteiger partial charge in [-0.25, -0.2) is 0 Å². The lowest BCUT2D eigenvalue weighted by Crippen LogP contribution is -2.46. The Kier molecular flexibility index (Phi) is 4.81. The molecule has 0 aromatic heterocycles. The Morgan fingerprint density at radius 2 is 1.95 bits per heavy atom. The number of rotatable bonds is 3. The summed E-state index contributed by atoms with van der Waals surface area (Å²) in [6, 6.07) is 5.09. The van der Waals surface area contributed by atoms with Crippen molar-refractivity contribution in [3.63, 3.8) is 0 Å². The molecule has 1 saturated heterocycles. The Morgan fingerprint density at radius 1 is 1.30 bits per heavy atom. The maximum absolute atomic E-state index is 12.2. The number of carbonyl (C=O) groups is 2. The van der Waals surface area contributed by atoms with Gasteiger partial charge in [-0.1, -0.05) is 11.6 Å². The number of hydrogen-bond donors (Lipinski definition) is 1. The Bertz CT molecular complexity index is 525. The second-order valence-electron chi connectivity index (χ2n) is 5.21. The first-order valence-electron chi connectivity index (χ1n) is 6.85. The molecule has 108 valence electrons. The molecule has 0 radical (unpaired) electrons. The topological polar surface area (TPSA) is 49.4 Å². The van der Waals surface area contributed by atoms with Crippen LogP contribution in [0.15, 0.2) is 22.7 Å². The van der Waals surface area contributed by atoms with Gasteiger partial charge in [0.15, 0.2) is 0 Å². The molecule has 0 aliphatic carbocycles. The van der Waals surface area contributed by atoms with Crippen LogP contribution in [0.3, 0.4) is 0 Å². The summed E-state index contributed by atoms with van der Waals surface area (Å²) in [6.07, 6.45) is 2.10. The van der Waals surface area contributed by atoms with E-state index in [0.717, 1.165) is 36.0 Å². The van der Waals surface area contributed by atoms with Crippen LogP contribution < -0.4 is 5.32 Å². The Morgan fingerprint density at radius 3 is 2.60 bits per heavy atom. The van der Waals surface area contributed by atoms with Crippen LogP contribution in [0.25, 0.3) is 0 Å². The fourth-order valence-electron chi connectivity index (χ4n) is 2.36. The highest BCUT2D eigenvalue weighted by Crippen LogP contribution is 2.18. The molecule has 1 aliphatic heterocycles. The maximum Gasteiger partial charge on any atom is 0.253 e. The summed E-state index contributed by atoms with van der Waals surface area (Å²) < 4.78 is 0.737. The van der Waals surface area contributed by atoms with Crippen molar-refractivity contribution in [2.75, 3.05) is 13.1 Å². The number of amides is 2. The second kappa shape index (κ2) is 6.39. The third-order valence-corrected chi connectivity index (χ3v) is 4.19. The molecule has 0 bridgehead atoms. The summed E-state index contributed by atoms with van der Waals surface area (Å²) in [7, 11) is 0. The monoisotopic (exact) mass is 338 g/mol. The highest BCUT2D eigenvalue weighted by atomic mass is 79.9. The Balaban J connectivity index is 2.03. The van der Waals surface area contributed by atoms with Gasteiger partial charge in [-0.3, -0.25) is 9.59 Å². The number of aryl methyl sites for hydroxylation is 1. The number of hydrogen-bond acceptors (Lipinski definition) is 2. The molecule has 1 heterocycles. The molecule has 1 unspecified atom stereocenters. The zero-order chi connectivity index (χ0) is 14.7. The molecule has 20 heavy (non-hydrogen) atoms. The molecule has 1 aliphatic rings. The molecule has 0 saturated carbocycles. The van der Waals surface area contributed by atoms with Crippen LogP contribution in [0.4, 0.5) is 0 Å². The van der Waals surface area contributed by atoms with Gasteiger partial charge in [-0.05, 0) is 54.8 Å². The normalized spacial score (nSPS) is 16.1. The molecule has 2 rings (SSSR count). The quantitative estimate of drug-likeness (QED) is 0.920.